The number of hydroxylamine groups is 1. The number of hydrogen-bond acceptors (Lipinski definition) is 5. The third-order valence-electron chi connectivity index (χ3n) is 4.00. The summed E-state index contributed by atoms with van der Waals surface area (Å²) in [6.07, 6.45) is 0.742. The molecule has 1 N–H and O–H groups in total. The lowest BCUT2D eigenvalue weighted by Crippen LogP contribution is -2.30. The molecule has 0 aliphatic rings. The van der Waals surface area contributed by atoms with Gasteiger partial charge in [0.05, 0.1) is 0 Å². The number of benzene rings is 1. The van der Waals surface area contributed by atoms with Crippen molar-refractivity contribution in [2.75, 3.05) is 11.6 Å². The zero-order valence-electron chi connectivity index (χ0n) is 14.1. The summed E-state index contributed by atoms with van der Waals surface area (Å²) in [4.78, 5) is 21.6. The molecule has 0 bridgehead atoms. The Balaban J connectivity index is 2.14. The van der Waals surface area contributed by atoms with E-state index in [0.717, 1.165) is 22.9 Å². The third kappa shape index (κ3) is 2.78. The monoisotopic (exact) mass is 327 g/mol. The molecule has 2 heterocycles. The summed E-state index contributed by atoms with van der Waals surface area (Å²) < 4.78 is 3.23. The van der Waals surface area contributed by atoms with Crippen LogP contribution in [0.1, 0.15) is 24.7 Å². The lowest BCUT2D eigenvalue weighted by atomic mass is 10.2. The third-order valence-corrected chi connectivity index (χ3v) is 4.00. The van der Waals surface area contributed by atoms with Crippen molar-refractivity contribution in [3.63, 3.8) is 0 Å². The highest BCUT2D eigenvalue weighted by atomic mass is 16.5. The highest BCUT2D eigenvalue weighted by Crippen LogP contribution is 2.16. The van der Waals surface area contributed by atoms with Crippen LogP contribution in [-0.2, 0) is 13.6 Å². The average Bonchev–Trinajstić information content (AvgIpc) is 2.88. The van der Waals surface area contributed by atoms with Crippen molar-refractivity contribution in [1.82, 2.24) is 19.1 Å². The Morgan fingerprint density at radius 2 is 1.92 bits per heavy atom. The van der Waals surface area contributed by atoms with Gasteiger partial charge in [0.25, 0.3) is 5.56 Å². The molecule has 0 spiro atoms. The Kier molecular flexibility index (Phi) is 4.35. The van der Waals surface area contributed by atoms with Crippen LogP contribution >= 0.6 is 0 Å². The summed E-state index contributed by atoms with van der Waals surface area (Å²) >= 11 is 0. The van der Waals surface area contributed by atoms with Crippen LogP contribution in [-0.4, -0.2) is 30.9 Å². The van der Waals surface area contributed by atoms with E-state index in [9.17, 15) is 10.0 Å². The second-order valence-electron chi connectivity index (χ2n) is 5.80. The maximum absolute atomic E-state index is 12.8. The highest BCUT2D eigenvalue weighted by Gasteiger charge is 2.18. The van der Waals surface area contributed by atoms with Crippen molar-refractivity contribution >= 4 is 17.1 Å². The molecule has 3 aromatic rings. The molecule has 2 aromatic heterocycles. The number of hydrogen-bond donors (Lipinski definition) is 1. The Bertz CT molecular complexity index is 914. The first kappa shape index (κ1) is 16.2. The molecule has 0 radical (unpaired) electrons. The minimum absolute atomic E-state index is 0.207. The quantitative estimate of drug-likeness (QED) is 0.726. The van der Waals surface area contributed by atoms with Crippen molar-refractivity contribution in [3.05, 3.63) is 52.1 Å². The van der Waals surface area contributed by atoms with Crippen molar-refractivity contribution in [2.24, 2.45) is 7.05 Å². The smallest absolute Gasteiger partial charge is 0.281 e. The predicted octanol–water partition coefficient (Wildman–Crippen LogP) is 2.09. The Hall–Kier alpha value is -2.67. The predicted molar refractivity (Wildman–Crippen MR) is 92.5 cm³/mol. The minimum atomic E-state index is -0.221. The number of aromatic nitrogens is 4. The van der Waals surface area contributed by atoms with Crippen LogP contribution < -0.4 is 10.6 Å². The fourth-order valence-corrected chi connectivity index (χ4v) is 2.76. The van der Waals surface area contributed by atoms with Crippen molar-refractivity contribution in [2.45, 2.75) is 26.8 Å². The molecule has 0 aliphatic carbocycles. The molecule has 7 heteroatoms. The molecule has 0 atom stereocenters. The standard InChI is InChI=1S/C17H21N5O2/c1-4-10-22(24)17-19-15-14(16(23)20(17)3)21(12(2)18-15)11-13-8-6-5-7-9-13/h5-9,24H,4,10-11H2,1-3H3. The summed E-state index contributed by atoms with van der Waals surface area (Å²) in [5.74, 6) is 0.925. The molecule has 0 saturated heterocycles. The van der Waals surface area contributed by atoms with Crippen LogP contribution in [0.2, 0.25) is 0 Å². The van der Waals surface area contributed by atoms with E-state index in [0.29, 0.717) is 24.3 Å². The van der Waals surface area contributed by atoms with Gasteiger partial charge >= 0.3 is 0 Å². The Morgan fingerprint density at radius 1 is 1.21 bits per heavy atom. The van der Waals surface area contributed by atoms with Gasteiger partial charge in [-0.1, -0.05) is 37.3 Å². The van der Waals surface area contributed by atoms with E-state index in [-0.39, 0.29) is 11.5 Å². The average molecular weight is 327 g/mol. The first-order valence-corrected chi connectivity index (χ1v) is 7.97. The molecule has 7 nitrogen and oxygen atoms in total. The molecule has 24 heavy (non-hydrogen) atoms. The van der Waals surface area contributed by atoms with Gasteiger partial charge in [0, 0.05) is 20.1 Å². The van der Waals surface area contributed by atoms with Crippen LogP contribution in [0.4, 0.5) is 5.95 Å². The van der Waals surface area contributed by atoms with E-state index < -0.39 is 0 Å². The van der Waals surface area contributed by atoms with Crippen LogP contribution in [0.5, 0.6) is 0 Å². The maximum Gasteiger partial charge on any atom is 0.281 e. The van der Waals surface area contributed by atoms with Crippen LogP contribution in [0, 0.1) is 6.92 Å². The van der Waals surface area contributed by atoms with Crippen LogP contribution in [0.15, 0.2) is 35.1 Å². The largest absolute Gasteiger partial charge is 0.318 e. The van der Waals surface area contributed by atoms with Gasteiger partial charge in [0.2, 0.25) is 5.95 Å². The zero-order valence-corrected chi connectivity index (χ0v) is 14.1. The first-order chi connectivity index (χ1) is 11.5. The van der Waals surface area contributed by atoms with Gasteiger partial charge < -0.3 is 4.57 Å². The van der Waals surface area contributed by atoms with E-state index in [4.69, 9.17) is 0 Å². The summed E-state index contributed by atoms with van der Waals surface area (Å²) in [6.45, 7) is 4.75. The fourth-order valence-electron chi connectivity index (χ4n) is 2.76. The van der Waals surface area contributed by atoms with Gasteiger partial charge in [-0.3, -0.25) is 14.6 Å². The molecule has 0 aliphatic heterocycles. The number of nitrogens with zero attached hydrogens (tertiary/aromatic N) is 5. The van der Waals surface area contributed by atoms with Gasteiger partial charge in [-0.05, 0) is 18.9 Å². The number of imidazole rings is 1. The van der Waals surface area contributed by atoms with E-state index >= 15 is 0 Å². The lowest BCUT2D eigenvalue weighted by molar-refractivity contribution is 0.243. The number of anilines is 1. The molecule has 1 aromatic carbocycles. The minimum Gasteiger partial charge on any atom is -0.318 e. The lowest BCUT2D eigenvalue weighted by Gasteiger charge is -2.17. The van der Waals surface area contributed by atoms with Crippen LogP contribution in [0.25, 0.3) is 11.2 Å². The number of rotatable bonds is 5. The molecule has 3 rings (SSSR count). The number of aryl methyl sites for hydroxylation is 1. The highest BCUT2D eigenvalue weighted by molar-refractivity contribution is 5.72. The normalized spacial score (nSPS) is 11.2. The van der Waals surface area contributed by atoms with Crippen LogP contribution in [0.3, 0.4) is 0 Å². The topological polar surface area (TPSA) is 76.2 Å². The molecular formula is C17H21N5O2. The van der Waals surface area contributed by atoms with Gasteiger partial charge in [-0.25, -0.2) is 10.0 Å². The maximum atomic E-state index is 12.8. The van der Waals surface area contributed by atoms with Gasteiger partial charge in [-0.2, -0.15) is 4.98 Å². The van der Waals surface area contributed by atoms with Crippen molar-refractivity contribution < 1.29 is 5.21 Å². The molecular weight excluding hydrogens is 306 g/mol. The van der Waals surface area contributed by atoms with E-state index in [1.54, 1.807) is 7.05 Å². The SMILES string of the molecule is CCCN(O)c1nc2nc(C)n(Cc3ccccc3)c2c(=O)n1C. The van der Waals surface area contributed by atoms with E-state index in [1.165, 1.54) is 4.57 Å². The second-order valence-corrected chi connectivity index (χ2v) is 5.80. The van der Waals surface area contributed by atoms with Gasteiger partial charge in [0.15, 0.2) is 11.2 Å². The molecule has 0 unspecified atom stereocenters. The molecule has 126 valence electrons. The number of fused-ring (bicyclic) bond motifs is 1. The van der Waals surface area contributed by atoms with E-state index in [2.05, 4.69) is 9.97 Å². The zero-order chi connectivity index (χ0) is 17.3. The molecule has 0 saturated carbocycles. The van der Waals surface area contributed by atoms with Crippen molar-refractivity contribution in [1.29, 1.82) is 0 Å². The second kappa shape index (κ2) is 6.45. The fraction of sp³-hybridized carbons (Fsp3) is 0.353. The van der Waals surface area contributed by atoms with Gasteiger partial charge in [0.1, 0.15) is 5.82 Å². The Morgan fingerprint density at radius 3 is 2.58 bits per heavy atom. The molecule has 0 fully saturated rings. The Labute approximate surface area is 139 Å². The van der Waals surface area contributed by atoms with Crippen molar-refractivity contribution in [3.8, 4) is 0 Å². The molecule has 0 amide bonds. The summed E-state index contributed by atoms with van der Waals surface area (Å²) in [5, 5.41) is 11.1. The summed E-state index contributed by atoms with van der Waals surface area (Å²) in [5.41, 5.74) is 1.67. The summed E-state index contributed by atoms with van der Waals surface area (Å²) in [7, 11) is 1.61. The van der Waals surface area contributed by atoms with Gasteiger partial charge in [-0.15, -0.1) is 0 Å². The summed E-state index contributed by atoms with van der Waals surface area (Å²) in [6, 6.07) is 9.90. The van der Waals surface area contributed by atoms with E-state index in [1.807, 2.05) is 48.7 Å². The first-order valence-electron chi connectivity index (χ1n) is 7.97.